The third kappa shape index (κ3) is 3.00. The SMILES string of the molecule is CCc1ccccc1-n1nc(-c2c(Cl)cccc2Cl)c2c1NCCCC2. The minimum atomic E-state index is 0.637. The van der Waals surface area contributed by atoms with Crippen molar-refractivity contribution in [2.24, 2.45) is 0 Å². The van der Waals surface area contributed by atoms with Crippen molar-refractivity contribution in [3.8, 4) is 16.9 Å². The zero-order chi connectivity index (χ0) is 18.1. The van der Waals surface area contributed by atoms with E-state index in [1.807, 2.05) is 22.9 Å². The van der Waals surface area contributed by atoms with Crippen LogP contribution in [-0.4, -0.2) is 16.3 Å². The van der Waals surface area contributed by atoms with Crippen molar-refractivity contribution < 1.29 is 0 Å². The van der Waals surface area contributed by atoms with Crippen LogP contribution in [0.4, 0.5) is 5.82 Å². The van der Waals surface area contributed by atoms with Crippen molar-refractivity contribution in [1.29, 1.82) is 0 Å². The Morgan fingerprint density at radius 3 is 2.58 bits per heavy atom. The molecule has 0 bridgehead atoms. The van der Waals surface area contributed by atoms with E-state index in [2.05, 4.69) is 36.5 Å². The Balaban J connectivity index is 1.99. The van der Waals surface area contributed by atoms with Gasteiger partial charge in [0.1, 0.15) is 11.5 Å². The number of aromatic nitrogens is 2. The first kappa shape index (κ1) is 17.4. The average Bonchev–Trinajstić information content (AvgIpc) is 2.83. The van der Waals surface area contributed by atoms with E-state index in [9.17, 15) is 0 Å². The minimum Gasteiger partial charge on any atom is -0.370 e. The van der Waals surface area contributed by atoms with Crippen LogP contribution in [-0.2, 0) is 12.8 Å². The van der Waals surface area contributed by atoms with Gasteiger partial charge in [-0.2, -0.15) is 5.10 Å². The van der Waals surface area contributed by atoms with Crippen LogP contribution in [0.3, 0.4) is 0 Å². The molecule has 5 heteroatoms. The molecule has 1 N–H and O–H groups in total. The third-order valence-corrected chi connectivity index (χ3v) is 5.56. The van der Waals surface area contributed by atoms with Gasteiger partial charge in [0, 0.05) is 17.7 Å². The molecule has 26 heavy (non-hydrogen) atoms. The van der Waals surface area contributed by atoms with Crippen molar-refractivity contribution in [1.82, 2.24) is 9.78 Å². The lowest BCUT2D eigenvalue weighted by Crippen LogP contribution is -2.08. The lowest BCUT2D eigenvalue weighted by Gasteiger charge is -2.12. The zero-order valence-corrected chi connectivity index (χ0v) is 16.2. The van der Waals surface area contributed by atoms with Gasteiger partial charge in [-0.05, 0) is 49.4 Å². The molecule has 0 spiro atoms. The monoisotopic (exact) mass is 385 g/mol. The van der Waals surface area contributed by atoms with Gasteiger partial charge in [-0.1, -0.05) is 54.4 Å². The molecule has 0 saturated heterocycles. The van der Waals surface area contributed by atoms with Crippen LogP contribution in [0.25, 0.3) is 16.9 Å². The number of para-hydroxylation sites is 1. The summed E-state index contributed by atoms with van der Waals surface area (Å²) in [6, 6.07) is 14.0. The van der Waals surface area contributed by atoms with Gasteiger partial charge in [0.2, 0.25) is 0 Å². The number of nitrogens with zero attached hydrogens (tertiary/aromatic N) is 2. The smallest absolute Gasteiger partial charge is 0.133 e. The summed E-state index contributed by atoms with van der Waals surface area (Å²) in [7, 11) is 0. The molecule has 0 amide bonds. The van der Waals surface area contributed by atoms with Gasteiger partial charge < -0.3 is 5.32 Å². The van der Waals surface area contributed by atoms with Gasteiger partial charge in [-0.15, -0.1) is 0 Å². The largest absolute Gasteiger partial charge is 0.370 e. The molecular weight excluding hydrogens is 365 g/mol. The topological polar surface area (TPSA) is 29.9 Å². The maximum atomic E-state index is 6.51. The summed E-state index contributed by atoms with van der Waals surface area (Å²) in [6.45, 7) is 3.11. The highest BCUT2D eigenvalue weighted by atomic mass is 35.5. The van der Waals surface area contributed by atoms with E-state index < -0.39 is 0 Å². The van der Waals surface area contributed by atoms with E-state index in [4.69, 9.17) is 28.3 Å². The van der Waals surface area contributed by atoms with Crippen LogP contribution < -0.4 is 5.32 Å². The molecule has 0 radical (unpaired) electrons. The van der Waals surface area contributed by atoms with Crippen molar-refractivity contribution in [2.45, 2.75) is 32.6 Å². The molecule has 4 rings (SSSR count). The molecule has 0 atom stereocenters. The molecule has 134 valence electrons. The Hall–Kier alpha value is -1.97. The van der Waals surface area contributed by atoms with Gasteiger partial charge in [-0.3, -0.25) is 0 Å². The molecule has 1 aliphatic rings. The molecular formula is C21H21Cl2N3. The van der Waals surface area contributed by atoms with Crippen LogP contribution in [0.5, 0.6) is 0 Å². The molecule has 3 aromatic rings. The third-order valence-electron chi connectivity index (χ3n) is 4.93. The van der Waals surface area contributed by atoms with Crippen LogP contribution in [0.1, 0.15) is 30.9 Å². The predicted molar refractivity (Wildman–Crippen MR) is 110 cm³/mol. The molecule has 0 saturated carbocycles. The summed E-state index contributed by atoms with van der Waals surface area (Å²) in [5.41, 5.74) is 5.28. The fourth-order valence-electron chi connectivity index (χ4n) is 3.62. The summed E-state index contributed by atoms with van der Waals surface area (Å²) >= 11 is 13.0. The van der Waals surface area contributed by atoms with Crippen molar-refractivity contribution in [3.05, 3.63) is 63.6 Å². The summed E-state index contributed by atoms with van der Waals surface area (Å²) in [4.78, 5) is 0. The fraction of sp³-hybridized carbons (Fsp3) is 0.286. The van der Waals surface area contributed by atoms with Gasteiger partial charge in [0.15, 0.2) is 0 Å². The second-order valence-corrected chi connectivity index (χ2v) is 7.36. The lowest BCUT2D eigenvalue weighted by atomic mass is 10.0. The quantitative estimate of drug-likeness (QED) is 0.585. The Kier molecular flexibility index (Phi) is 4.92. The molecule has 3 nitrogen and oxygen atoms in total. The van der Waals surface area contributed by atoms with Crippen LogP contribution in [0, 0.1) is 0 Å². The van der Waals surface area contributed by atoms with E-state index >= 15 is 0 Å². The van der Waals surface area contributed by atoms with Crippen LogP contribution in [0.15, 0.2) is 42.5 Å². The average molecular weight is 386 g/mol. The van der Waals surface area contributed by atoms with E-state index in [1.54, 1.807) is 0 Å². The van der Waals surface area contributed by atoms with Crippen molar-refractivity contribution in [3.63, 3.8) is 0 Å². The van der Waals surface area contributed by atoms with Gasteiger partial charge in [0.05, 0.1) is 15.7 Å². The number of aryl methyl sites for hydroxylation is 1. The first-order chi connectivity index (χ1) is 12.7. The number of fused-ring (bicyclic) bond motifs is 1. The molecule has 2 aromatic carbocycles. The van der Waals surface area contributed by atoms with E-state index in [0.29, 0.717) is 10.0 Å². The summed E-state index contributed by atoms with van der Waals surface area (Å²) in [6.07, 6.45) is 4.18. The standard InChI is InChI=1S/C21H21Cl2N3/c1-2-14-8-3-4-12-18(14)26-21-15(9-5-6-13-24-21)20(25-26)19-16(22)10-7-11-17(19)23/h3-4,7-8,10-12,24H,2,5-6,9,13H2,1H3. The number of nitrogens with one attached hydrogen (secondary N) is 1. The highest BCUT2D eigenvalue weighted by Crippen LogP contribution is 2.40. The molecule has 0 unspecified atom stereocenters. The molecule has 2 heterocycles. The highest BCUT2D eigenvalue weighted by Gasteiger charge is 2.25. The van der Waals surface area contributed by atoms with Crippen molar-refractivity contribution in [2.75, 3.05) is 11.9 Å². The Morgan fingerprint density at radius 2 is 1.81 bits per heavy atom. The lowest BCUT2D eigenvalue weighted by molar-refractivity contribution is 0.779. The fourth-order valence-corrected chi connectivity index (χ4v) is 4.19. The molecule has 1 aliphatic heterocycles. The van der Waals surface area contributed by atoms with E-state index in [-0.39, 0.29) is 0 Å². The minimum absolute atomic E-state index is 0.637. The highest BCUT2D eigenvalue weighted by molar-refractivity contribution is 6.39. The number of rotatable bonds is 3. The zero-order valence-electron chi connectivity index (χ0n) is 14.7. The maximum Gasteiger partial charge on any atom is 0.133 e. The molecule has 1 aromatic heterocycles. The number of halogens is 2. The first-order valence-corrected chi connectivity index (χ1v) is 9.84. The van der Waals surface area contributed by atoms with Gasteiger partial charge in [-0.25, -0.2) is 4.68 Å². The second kappa shape index (κ2) is 7.34. The second-order valence-electron chi connectivity index (χ2n) is 6.55. The van der Waals surface area contributed by atoms with Crippen LogP contribution in [0.2, 0.25) is 10.0 Å². The predicted octanol–water partition coefficient (Wildman–Crippen LogP) is 6.16. The summed E-state index contributed by atoms with van der Waals surface area (Å²) < 4.78 is 2.04. The summed E-state index contributed by atoms with van der Waals surface area (Å²) in [5.74, 6) is 1.06. The summed E-state index contributed by atoms with van der Waals surface area (Å²) in [5, 5.41) is 9.85. The first-order valence-electron chi connectivity index (χ1n) is 9.09. The number of hydrogen-bond donors (Lipinski definition) is 1. The normalized spacial score (nSPS) is 13.8. The molecule has 0 fully saturated rings. The Morgan fingerprint density at radius 1 is 1.04 bits per heavy atom. The Bertz CT molecular complexity index is 926. The number of anilines is 1. The number of hydrogen-bond acceptors (Lipinski definition) is 2. The Labute approximate surface area is 163 Å². The van der Waals surface area contributed by atoms with Gasteiger partial charge >= 0.3 is 0 Å². The van der Waals surface area contributed by atoms with Crippen LogP contribution >= 0.6 is 23.2 Å². The van der Waals surface area contributed by atoms with E-state index in [0.717, 1.165) is 55.0 Å². The number of benzene rings is 2. The van der Waals surface area contributed by atoms with Gasteiger partial charge in [0.25, 0.3) is 0 Å². The molecule has 0 aliphatic carbocycles. The maximum absolute atomic E-state index is 6.51. The van der Waals surface area contributed by atoms with E-state index in [1.165, 1.54) is 11.1 Å². The van der Waals surface area contributed by atoms with Crippen molar-refractivity contribution >= 4 is 29.0 Å².